The van der Waals surface area contributed by atoms with Crippen LogP contribution in [-0.2, 0) is 0 Å². The van der Waals surface area contributed by atoms with Crippen LogP contribution in [0.15, 0.2) is 29.3 Å². The zero-order valence-electron chi connectivity index (χ0n) is 8.51. The molecule has 0 saturated heterocycles. The number of hydrogen-bond acceptors (Lipinski definition) is 2. The van der Waals surface area contributed by atoms with Crippen LogP contribution in [0.1, 0.15) is 15.9 Å². The van der Waals surface area contributed by atoms with Crippen molar-refractivity contribution in [3.8, 4) is 0 Å². The molecule has 80 valence electrons. The van der Waals surface area contributed by atoms with E-state index in [2.05, 4.69) is 27.8 Å². The zero-order chi connectivity index (χ0) is 11.4. The molecular formula is C11H13BrN2O. The van der Waals surface area contributed by atoms with E-state index < -0.39 is 0 Å². The topological polar surface area (TPSA) is 55.1 Å². The monoisotopic (exact) mass is 268 g/mol. The Kier molecular flexibility index (Phi) is 3.91. The fourth-order valence-corrected chi connectivity index (χ4v) is 1.24. The molecule has 4 heteroatoms. The third kappa shape index (κ3) is 3.40. The Morgan fingerprint density at radius 3 is 2.80 bits per heavy atom. The smallest absolute Gasteiger partial charge is 0.251 e. The summed E-state index contributed by atoms with van der Waals surface area (Å²) in [7, 11) is 0. The van der Waals surface area contributed by atoms with Crippen molar-refractivity contribution < 1.29 is 4.79 Å². The second-order valence-electron chi connectivity index (χ2n) is 3.27. The molecule has 3 nitrogen and oxygen atoms in total. The summed E-state index contributed by atoms with van der Waals surface area (Å²) in [5.74, 6) is -0.126. The minimum Gasteiger partial charge on any atom is -0.399 e. The van der Waals surface area contributed by atoms with E-state index >= 15 is 0 Å². The van der Waals surface area contributed by atoms with Crippen molar-refractivity contribution in [2.75, 3.05) is 12.3 Å². The molecule has 0 bridgehead atoms. The van der Waals surface area contributed by atoms with Gasteiger partial charge in [-0.25, -0.2) is 0 Å². The van der Waals surface area contributed by atoms with E-state index in [0.29, 0.717) is 17.8 Å². The molecule has 0 aromatic heterocycles. The van der Waals surface area contributed by atoms with Gasteiger partial charge in [-0.3, -0.25) is 4.79 Å². The highest BCUT2D eigenvalue weighted by atomic mass is 79.9. The lowest BCUT2D eigenvalue weighted by Gasteiger charge is -2.06. The molecule has 1 rings (SSSR count). The van der Waals surface area contributed by atoms with Gasteiger partial charge in [0.05, 0.1) is 0 Å². The Morgan fingerprint density at radius 2 is 2.27 bits per heavy atom. The maximum Gasteiger partial charge on any atom is 0.251 e. The number of halogens is 1. The van der Waals surface area contributed by atoms with E-state index in [9.17, 15) is 4.79 Å². The number of carbonyl (C=O) groups excluding carboxylic acids is 1. The van der Waals surface area contributed by atoms with Gasteiger partial charge in [0.15, 0.2) is 0 Å². The molecule has 0 unspecified atom stereocenters. The summed E-state index contributed by atoms with van der Waals surface area (Å²) < 4.78 is 0.739. The number of nitrogen functional groups attached to an aromatic ring is 1. The van der Waals surface area contributed by atoms with Gasteiger partial charge < -0.3 is 11.1 Å². The van der Waals surface area contributed by atoms with Crippen LogP contribution < -0.4 is 11.1 Å². The number of amides is 1. The fraction of sp³-hybridized carbons (Fsp3) is 0.182. The largest absolute Gasteiger partial charge is 0.399 e. The maximum absolute atomic E-state index is 11.6. The van der Waals surface area contributed by atoms with E-state index in [4.69, 9.17) is 5.73 Å². The van der Waals surface area contributed by atoms with Gasteiger partial charge in [-0.1, -0.05) is 22.5 Å². The van der Waals surface area contributed by atoms with Crippen molar-refractivity contribution in [3.05, 3.63) is 40.4 Å². The van der Waals surface area contributed by atoms with Crippen molar-refractivity contribution in [2.45, 2.75) is 6.92 Å². The quantitative estimate of drug-likeness (QED) is 0.826. The predicted molar refractivity (Wildman–Crippen MR) is 66.0 cm³/mol. The van der Waals surface area contributed by atoms with E-state index in [1.165, 1.54) is 0 Å². The van der Waals surface area contributed by atoms with Crippen LogP contribution in [0.4, 0.5) is 5.69 Å². The van der Waals surface area contributed by atoms with Crippen LogP contribution in [0.2, 0.25) is 0 Å². The molecule has 1 aromatic rings. The SMILES string of the molecule is C=C(Br)CNC(=O)c1ccc(N)c(C)c1. The number of anilines is 1. The van der Waals surface area contributed by atoms with Gasteiger partial charge in [0, 0.05) is 22.3 Å². The molecule has 15 heavy (non-hydrogen) atoms. The van der Waals surface area contributed by atoms with Gasteiger partial charge in [0.2, 0.25) is 0 Å². The number of aryl methyl sites for hydroxylation is 1. The van der Waals surface area contributed by atoms with Gasteiger partial charge in [-0.05, 0) is 30.7 Å². The first-order valence-corrected chi connectivity index (χ1v) is 5.27. The second-order valence-corrected chi connectivity index (χ2v) is 4.39. The molecule has 3 N–H and O–H groups in total. The lowest BCUT2D eigenvalue weighted by Crippen LogP contribution is -2.24. The first-order chi connectivity index (χ1) is 7.00. The maximum atomic E-state index is 11.6. The molecule has 1 amide bonds. The molecule has 0 heterocycles. The molecule has 1 aromatic carbocycles. The Morgan fingerprint density at radius 1 is 1.60 bits per heavy atom. The highest BCUT2D eigenvalue weighted by Gasteiger charge is 2.05. The molecule has 0 aliphatic rings. The van der Waals surface area contributed by atoms with Gasteiger partial charge in [-0.15, -0.1) is 0 Å². The molecule has 0 radical (unpaired) electrons. The highest BCUT2D eigenvalue weighted by Crippen LogP contribution is 2.12. The van der Waals surface area contributed by atoms with Crippen molar-refractivity contribution in [3.63, 3.8) is 0 Å². The van der Waals surface area contributed by atoms with Crippen LogP contribution in [0.3, 0.4) is 0 Å². The second kappa shape index (κ2) is 4.98. The average Bonchev–Trinajstić information content (AvgIpc) is 2.18. The number of benzene rings is 1. The predicted octanol–water partition coefficient (Wildman–Crippen LogP) is 2.22. The van der Waals surface area contributed by atoms with Crippen molar-refractivity contribution in [2.24, 2.45) is 0 Å². The minimum absolute atomic E-state index is 0.126. The van der Waals surface area contributed by atoms with E-state index in [1.54, 1.807) is 18.2 Å². The Bertz CT molecular complexity index is 402. The number of carbonyl (C=O) groups is 1. The molecule has 0 spiro atoms. The average molecular weight is 269 g/mol. The summed E-state index contributed by atoms with van der Waals surface area (Å²) in [5, 5.41) is 2.72. The lowest BCUT2D eigenvalue weighted by atomic mass is 10.1. The summed E-state index contributed by atoms with van der Waals surface area (Å²) in [6, 6.07) is 5.20. The summed E-state index contributed by atoms with van der Waals surface area (Å²) in [6.07, 6.45) is 0. The third-order valence-corrected chi connectivity index (χ3v) is 2.25. The molecule has 0 saturated carbocycles. The van der Waals surface area contributed by atoms with E-state index in [-0.39, 0.29) is 5.91 Å². The number of nitrogens with two attached hydrogens (primary N) is 1. The van der Waals surface area contributed by atoms with Gasteiger partial charge >= 0.3 is 0 Å². The van der Waals surface area contributed by atoms with Gasteiger partial charge in [0.1, 0.15) is 0 Å². The number of rotatable bonds is 3. The van der Waals surface area contributed by atoms with Crippen LogP contribution in [0, 0.1) is 6.92 Å². The summed E-state index contributed by atoms with van der Waals surface area (Å²) >= 11 is 3.17. The fourth-order valence-electron chi connectivity index (χ4n) is 1.10. The van der Waals surface area contributed by atoms with Crippen LogP contribution in [-0.4, -0.2) is 12.5 Å². The molecule has 0 aliphatic heterocycles. The molecule has 0 atom stereocenters. The molecule has 0 fully saturated rings. The third-order valence-electron chi connectivity index (χ3n) is 1.97. The van der Waals surface area contributed by atoms with Crippen molar-refractivity contribution >= 4 is 27.5 Å². The minimum atomic E-state index is -0.126. The zero-order valence-corrected chi connectivity index (χ0v) is 10.1. The molecular weight excluding hydrogens is 256 g/mol. The summed E-state index contributed by atoms with van der Waals surface area (Å²) in [5.41, 5.74) is 7.86. The first-order valence-electron chi connectivity index (χ1n) is 4.48. The first kappa shape index (κ1) is 11.8. The number of nitrogens with one attached hydrogen (secondary N) is 1. The Hall–Kier alpha value is -1.29. The van der Waals surface area contributed by atoms with E-state index in [0.717, 1.165) is 10.0 Å². The summed E-state index contributed by atoms with van der Waals surface area (Å²) in [6.45, 7) is 5.92. The van der Waals surface area contributed by atoms with Gasteiger partial charge in [0.25, 0.3) is 5.91 Å². The van der Waals surface area contributed by atoms with E-state index in [1.807, 2.05) is 6.92 Å². The Labute approximate surface area is 97.5 Å². The van der Waals surface area contributed by atoms with Crippen LogP contribution >= 0.6 is 15.9 Å². The van der Waals surface area contributed by atoms with Crippen molar-refractivity contribution in [1.29, 1.82) is 0 Å². The van der Waals surface area contributed by atoms with Crippen molar-refractivity contribution in [1.82, 2.24) is 5.32 Å². The summed E-state index contributed by atoms with van der Waals surface area (Å²) in [4.78, 5) is 11.6. The number of hydrogen-bond donors (Lipinski definition) is 2. The van der Waals surface area contributed by atoms with Gasteiger partial charge in [-0.2, -0.15) is 0 Å². The van der Waals surface area contributed by atoms with Crippen LogP contribution in [0.25, 0.3) is 0 Å². The lowest BCUT2D eigenvalue weighted by molar-refractivity contribution is 0.0957. The Balaban J connectivity index is 2.74. The highest BCUT2D eigenvalue weighted by molar-refractivity contribution is 9.11. The van der Waals surface area contributed by atoms with Crippen LogP contribution in [0.5, 0.6) is 0 Å². The molecule has 0 aliphatic carbocycles. The standard InChI is InChI=1S/C11H13BrN2O/c1-7-5-9(3-4-10(7)13)11(15)14-6-8(2)12/h3-5H,2,6,13H2,1H3,(H,14,15). The normalized spacial score (nSPS) is 9.73.